The Morgan fingerprint density at radius 1 is 1.18 bits per heavy atom. The zero-order valence-electron chi connectivity index (χ0n) is 18.2. The fraction of sp³-hybridized carbons (Fsp3) is 0.240. The third kappa shape index (κ3) is 4.24. The lowest BCUT2D eigenvalue weighted by Crippen LogP contribution is -2.38. The summed E-state index contributed by atoms with van der Waals surface area (Å²) in [5, 5.41) is 2.90. The molecule has 8 heteroatoms. The molecule has 0 bridgehead atoms. The van der Waals surface area contributed by atoms with Crippen LogP contribution in [0.15, 0.2) is 66.9 Å². The number of benzene rings is 2. The van der Waals surface area contributed by atoms with Crippen LogP contribution in [0.2, 0.25) is 0 Å². The van der Waals surface area contributed by atoms with E-state index >= 15 is 0 Å². The van der Waals surface area contributed by atoms with E-state index in [9.17, 15) is 9.18 Å². The fourth-order valence-corrected chi connectivity index (χ4v) is 4.29. The van der Waals surface area contributed by atoms with Crippen LogP contribution in [-0.2, 0) is 6.54 Å². The van der Waals surface area contributed by atoms with E-state index in [0.29, 0.717) is 13.1 Å². The standard InChI is InChI=1S/C25H24FN5O2/c1-33-21-9-7-18(8-10-21)23-29-22-6-3-12-27-24(22)31(23)20-11-13-30(16-20)25(32)28-15-17-4-2-5-19(26)14-17/h2-10,12,14,20H,11,13,15-16H2,1H3,(H,28,32). The number of rotatable bonds is 5. The third-order valence-electron chi connectivity index (χ3n) is 5.95. The van der Waals surface area contributed by atoms with E-state index in [-0.39, 0.29) is 24.4 Å². The molecular formula is C25H24FN5O2. The van der Waals surface area contributed by atoms with Crippen molar-refractivity contribution in [3.05, 3.63) is 78.2 Å². The van der Waals surface area contributed by atoms with E-state index in [2.05, 4.69) is 14.9 Å². The van der Waals surface area contributed by atoms with Gasteiger partial charge in [-0.3, -0.25) is 0 Å². The van der Waals surface area contributed by atoms with Gasteiger partial charge in [-0.05, 0) is 60.5 Å². The Kier molecular flexibility index (Phi) is 5.64. The zero-order chi connectivity index (χ0) is 22.8. The predicted molar refractivity (Wildman–Crippen MR) is 123 cm³/mol. The van der Waals surface area contributed by atoms with Crippen LogP contribution >= 0.6 is 0 Å². The lowest BCUT2D eigenvalue weighted by Gasteiger charge is -2.19. The molecule has 4 aromatic rings. The number of imidazole rings is 1. The molecule has 168 valence electrons. The van der Waals surface area contributed by atoms with Crippen molar-refractivity contribution in [3.63, 3.8) is 0 Å². The number of likely N-dealkylation sites (tertiary alicyclic amines) is 1. The van der Waals surface area contributed by atoms with Gasteiger partial charge in [-0.25, -0.2) is 19.2 Å². The number of carbonyl (C=O) groups excluding carboxylic acids is 1. The summed E-state index contributed by atoms with van der Waals surface area (Å²) in [6, 6.07) is 17.7. The molecule has 1 fully saturated rings. The van der Waals surface area contributed by atoms with Crippen molar-refractivity contribution < 1.29 is 13.9 Å². The summed E-state index contributed by atoms with van der Waals surface area (Å²) in [5.74, 6) is 1.29. The SMILES string of the molecule is COc1ccc(-c2nc3cccnc3n2C2CCN(C(=O)NCc3cccc(F)c3)C2)cc1. The van der Waals surface area contributed by atoms with Crippen molar-refractivity contribution in [2.45, 2.75) is 19.0 Å². The van der Waals surface area contributed by atoms with E-state index in [0.717, 1.165) is 40.3 Å². The summed E-state index contributed by atoms with van der Waals surface area (Å²) in [7, 11) is 1.64. The Balaban J connectivity index is 1.37. The Labute approximate surface area is 190 Å². The van der Waals surface area contributed by atoms with Crippen LogP contribution in [0.1, 0.15) is 18.0 Å². The molecule has 1 unspecified atom stereocenters. The lowest BCUT2D eigenvalue weighted by atomic mass is 10.2. The summed E-state index contributed by atoms with van der Waals surface area (Å²) in [6.45, 7) is 1.44. The van der Waals surface area contributed by atoms with Crippen molar-refractivity contribution >= 4 is 17.2 Å². The quantitative estimate of drug-likeness (QED) is 0.494. The number of pyridine rings is 1. The van der Waals surface area contributed by atoms with Crippen LogP contribution in [-0.4, -0.2) is 45.7 Å². The summed E-state index contributed by atoms with van der Waals surface area (Å²) < 4.78 is 20.8. The molecule has 1 aliphatic rings. The van der Waals surface area contributed by atoms with Crippen LogP contribution < -0.4 is 10.1 Å². The Hall–Kier alpha value is -3.94. The Bertz CT molecular complexity index is 1290. The molecule has 0 aliphatic carbocycles. The van der Waals surface area contributed by atoms with Gasteiger partial charge in [0.1, 0.15) is 22.9 Å². The van der Waals surface area contributed by atoms with Gasteiger partial charge in [-0.1, -0.05) is 12.1 Å². The van der Waals surface area contributed by atoms with E-state index in [1.807, 2.05) is 36.4 Å². The highest BCUT2D eigenvalue weighted by molar-refractivity contribution is 5.78. The molecular weight excluding hydrogens is 421 g/mol. The van der Waals surface area contributed by atoms with Crippen molar-refractivity contribution in [1.82, 2.24) is 24.8 Å². The minimum atomic E-state index is -0.312. The van der Waals surface area contributed by atoms with Gasteiger partial charge in [-0.15, -0.1) is 0 Å². The molecule has 1 saturated heterocycles. The minimum Gasteiger partial charge on any atom is -0.497 e. The topological polar surface area (TPSA) is 72.3 Å². The molecule has 2 amide bonds. The normalized spacial score (nSPS) is 15.7. The first-order chi connectivity index (χ1) is 16.1. The zero-order valence-corrected chi connectivity index (χ0v) is 18.2. The molecule has 1 atom stereocenters. The molecule has 0 spiro atoms. The van der Waals surface area contributed by atoms with E-state index in [4.69, 9.17) is 9.72 Å². The van der Waals surface area contributed by atoms with Crippen LogP contribution in [0.4, 0.5) is 9.18 Å². The number of carbonyl (C=O) groups is 1. The smallest absolute Gasteiger partial charge is 0.317 e. The predicted octanol–water partition coefficient (Wildman–Crippen LogP) is 4.40. The number of halogens is 1. The maximum absolute atomic E-state index is 13.4. The molecule has 2 aromatic carbocycles. The summed E-state index contributed by atoms with van der Waals surface area (Å²) >= 11 is 0. The highest BCUT2D eigenvalue weighted by Gasteiger charge is 2.30. The van der Waals surface area contributed by atoms with Crippen LogP contribution in [0.25, 0.3) is 22.6 Å². The summed E-state index contributed by atoms with van der Waals surface area (Å²) in [6.07, 6.45) is 2.55. The van der Waals surface area contributed by atoms with Crippen molar-refractivity contribution in [2.24, 2.45) is 0 Å². The number of hydrogen-bond donors (Lipinski definition) is 1. The number of hydrogen-bond acceptors (Lipinski definition) is 4. The van der Waals surface area contributed by atoms with Gasteiger partial charge in [0.05, 0.1) is 13.2 Å². The number of ether oxygens (including phenoxy) is 1. The number of aromatic nitrogens is 3. The molecule has 1 aliphatic heterocycles. The van der Waals surface area contributed by atoms with Crippen LogP contribution in [0, 0.1) is 5.82 Å². The molecule has 33 heavy (non-hydrogen) atoms. The van der Waals surface area contributed by atoms with Gasteiger partial charge in [0.2, 0.25) is 0 Å². The van der Waals surface area contributed by atoms with Crippen molar-refractivity contribution in [1.29, 1.82) is 0 Å². The van der Waals surface area contributed by atoms with Crippen molar-refractivity contribution in [2.75, 3.05) is 20.2 Å². The number of nitrogens with zero attached hydrogens (tertiary/aromatic N) is 4. The molecule has 3 heterocycles. The van der Waals surface area contributed by atoms with E-state index < -0.39 is 0 Å². The number of nitrogens with one attached hydrogen (secondary N) is 1. The van der Waals surface area contributed by atoms with Crippen LogP contribution in [0.5, 0.6) is 5.75 Å². The van der Waals surface area contributed by atoms with Crippen LogP contribution in [0.3, 0.4) is 0 Å². The highest BCUT2D eigenvalue weighted by atomic mass is 19.1. The first-order valence-electron chi connectivity index (χ1n) is 10.9. The average Bonchev–Trinajstić information content (AvgIpc) is 3.47. The van der Waals surface area contributed by atoms with Gasteiger partial charge < -0.3 is 19.5 Å². The van der Waals surface area contributed by atoms with Gasteiger partial charge in [0.25, 0.3) is 0 Å². The third-order valence-corrected chi connectivity index (χ3v) is 5.95. The number of amides is 2. The molecule has 2 aromatic heterocycles. The maximum Gasteiger partial charge on any atom is 0.317 e. The summed E-state index contributed by atoms with van der Waals surface area (Å²) in [5.41, 5.74) is 3.31. The highest BCUT2D eigenvalue weighted by Crippen LogP contribution is 2.32. The van der Waals surface area contributed by atoms with Gasteiger partial charge in [-0.2, -0.15) is 0 Å². The van der Waals surface area contributed by atoms with E-state index in [1.165, 1.54) is 12.1 Å². The van der Waals surface area contributed by atoms with Gasteiger partial charge in [0.15, 0.2) is 5.65 Å². The lowest BCUT2D eigenvalue weighted by molar-refractivity contribution is 0.206. The monoisotopic (exact) mass is 445 g/mol. The fourth-order valence-electron chi connectivity index (χ4n) is 4.29. The molecule has 0 saturated carbocycles. The Morgan fingerprint density at radius 2 is 2.03 bits per heavy atom. The number of fused-ring (bicyclic) bond motifs is 1. The second-order valence-electron chi connectivity index (χ2n) is 8.06. The molecule has 7 nitrogen and oxygen atoms in total. The number of urea groups is 1. The molecule has 0 radical (unpaired) electrons. The minimum absolute atomic E-state index is 0.0434. The second kappa shape index (κ2) is 8.90. The average molecular weight is 445 g/mol. The number of methoxy groups -OCH3 is 1. The maximum atomic E-state index is 13.4. The van der Waals surface area contributed by atoms with E-state index in [1.54, 1.807) is 30.3 Å². The summed E-state index contributed by atoms with van der Waals surface area (Å²) in [4.78, 5) is 24.0. The molecule has 5 rings (SSSR count). The largest absolute Gasteiger partial charge is 0.497 e. The first-order valence-corrected chi connectivity index (χ1v) is 10.9. The first kappa shape index (κ1) is 20.9. The second-order valence-corrected chi connectivity index (χ2v) is 8.06. The van der Waals surface area contributed by atoms with Gasteiger partial charge in [0, 0.05) is 31.4 Å². The van der Waals surface area contributed by atoms with Gasteiger partial charge >= 0.3 is 6.03 Å². The Morgan fingerprint density at radius 3 is 2.82 bits per heavy atom. The van der Waals surface area contributed by atoms with Crippen molar-refractivity contribution in [3.8, 4) is 17.1 Å². The molecule has 1 N–H and O–H groups in total.